The molecule has 1 aromatic heterocycles. The minimum absolute atomic E-state index is 0.103. The average Bonchev–Trinajstić information content (AvgIpc) is 2.47. The van der Waals surface area contributed by atoms with Gasteiger partial charge in [-0.2, -0.15) is 0 Å². The van der Waals surface area contributed by atoms with Crippen molar-refractivity contribution in [1.82, 2.24) is 4.98 Å². The number of oxazole rings is 1. The van der Waals surface area contributed by atoms with Crippen LogP contribution in [-0.4, -0.2) is 4.98 Å². The molecule has 0 aliphatic heterocycles. The van der Waals surface area contributed by atoms with E-state index in [-0.39, 0.29) is 12.0 Å². The van der Waals surface area contributed by atoms with E-state index < -0.39 is 0 Å². The Hall–Kier alpha value is -1.48. The summed E-state index contributed by atoms with van der Waals surface area (Å²) in [5.41, 5.74) is 8.66. The highest BCUT2D eigenvalue weighted by atomic mass is 16.3. The van der Waals surface area contributed by atoms with Gasteiger partial charge < -0.3 is 4.42 Å². The van der Waals surface area contributed by atoms with Crippen LogP contribution in [0.5, 0.6) is 0 Å². The quantitative estimate of drug-likeness (QED) is 0.398. The molecule has 13 heavy (non-hydrogen) atoms. The van der Waals surface area contributed by atoms with E-state index in [4.69, 9.17) is 9.95 Å². The molecule has 0 aromatic carbocycles. The third-order valence-corrected chi connectivity index (χ3v) is 1.49. The highest BCUT2D eigenvalue weighted by molar-refractivity contribution is 5.03. The van der Waals surface area contributed by atoms with Gasteiger partial charge in [0.05, 0.1) is 12.2 Å². The van der Waals surface area contributed by atoms with Gasteiger partial charge in [0.2, 0.25) is 0 Å². The van der Waals surface area contributed by atoms with Gasteiger partial charge in [-0.3, -0.25) is 0 Å². The van der Waals surface area contributed by atoms with Gasteiger partial charge >= 0.3 is 0 Å². The van der Waals surface area contributed by atoms with Gasteiger partial charge in [-0.15, -0.1) is 0 Å². The Morgan fingerprint density at radius 3 is 2.77 bits per heavy atom. The zero-order chi connectivity index (χ0) is 9.90. The summed E-state index contributed by atoms with van der Waals surface area (Å²) in [6.45, 7) is 6.28. The summed E-state index contributed by atoms with van der Waals surface area (Å²) in [6, 6.07) is 0. The van der Waals surface area contributed by atoms with E-state index >= 15 is 0 Å². The minimum Gasteiger partial charge on any atom is -0.448 e. The normalized spacial score (nSPS) is 11.0. The summed E-state index contributed by atoms with van der Waals surface area (Å²) >= 11 is 0. The molecular formula is C8H12N4O. The molecular weight excluding hydrogens is 168 g/mol. The van der Waals surface area contributed by atoms with Crippen molar-refractivity contribution in [1.29, 1.82) is 0 Å². The highest BCUT2D eigenvalue weighted by Crippen LogP contribution is 2.21. The second kappa shape index (κ2) is 3.49. The van der Waals surface area contributed by atoms with Gasteiger partial charge in [-0.05, 0) is 5.53 Å². The zero-order valence-corrected chi connectivity index (χ0v) is 7.98. The van der Waals surface area contributed by atoms with Crippen LogP contribution in [0.15, 0.2) is 15.8 Å². The molecule has 0 aliphatic rings. The molecule has 0 saturated heterocycles. The molecule has 0 atom stereocenters. The molecule has 0 N–H and O–H groups in total. The van der Waals surface area contributed by atoms with E-state index in [2.05, 4.69) is 15.0 Å². The lowest BCUT2D eigenvalue weighted by Gasteiger charge is -2.11. The Morgan fingerprint density at radius 2 is 2.31 bits per heavy atom. The number of aromatic nitrogens is 1. The second-order valence-electron chi connectivity index (χ2n) is 3.78. The Balaban J connectivity index is 2.80. The Morgan fingerprint density at radius 1 is 1.62 bits per heavy atom. The van der Waals surface area contributed by atoms with Crippen LogP contribution in [0.2, 0.25) is 0 Å². The smallest absolute Gasteiger partial charge is 0.199 e. The van der Waals surface area contributed by atoms with Crippen LogP contribution in [0.3, 0.4) is 0 Å². The van der Waals surface area contributed by atoms with Crippen LogP contribution < -0.4 is 0 Å². The van der Waals surface area contributed by atoms with Crippen molar-refractivity contribution >= 4 is 0 Å². The molecule has 0 saturated carbocycles. The first-order valence-corrected chi connectivity index (χ1v) is 4.00. The van der Waals surface area contributed by atoms with Gasteiger partial charge in [-0.25, -0.2) is 4.98 Å². The van der Waals surface area contributed by atoms with Crippen LogP contribution >= 0.6 is 0 Å². The molecule has 0 fully saturated rings. The van der Waals surface area contributed by atoms with Crippen molar-refractivity contribution < 1.29 is 4.42 Å². The molecule has 70 valence electrons. The Labute approximate surface area is 76.4 Å². The van der Waals surface area contributed by atoms with E-state index in [1.54, 1.807) is 0 Å². The third-order valence-electron chi connectivity index (χ3n) is 1.49. The lowest BCUT2D eigenvalue weighted by Crippen LogP contribution is -2.11. The first kappa shape index (κ1) is 9.61. The first-order valence-electron chi connectivity index (χ1n) is 4.00. The fourth-order valence-electron chi connectivity index (χ4n) is 0.828. The average molecular weight is 180 g/mol. The van der Waals surface area contributed by atoms with Gasteiger partial charge in [-0.1, -0.05) is 25.9 Å². The molecule has 5 nitrogen and oxygen atoms in total. The number of nitrogens with zero attached hydrogens (tertiary/aromatic N) is 4. The van der Waals surface area contributed by atoms with E-state index in [1.165, 1.54) is 6.26 Å². The van der Waals surface area contributed by atoms with E-state index in [0.717, 1.165) is 0 Å². The molecule has 0 amide bonds. The maximum atomic E-state index is 8.09. The predicted molar refractivity (Wildman–Crippen MR) is 48.1 cm³/mol. The van der Waals surface area contributed by atoms with Gasteiger partial charge in [0.1, 0.15) is 6.26 Å². The molecule has 0 spiro atoms. The van der Waals surface area contributed by atoms with Crippen molar-refractivity contribution in [3.05, 3.63) is 28.3 Å². The van der Waals surface area contributed by atoms with Crippen LogP contribution in [0.4, 0.5) is 0 Å². The third kappa shape index (κ3) is 2.49. The Kier molecular flexibility index (Phi) is 2.58. The van der Waals surface area contributed by atoms with Crippen LogP contribution in [0.25, 0.3) is 10.4 Å². The highest BCUT2D eigenvalue weighted by Gasteiger charge is 2.19. The van der Waals surface area contributed by atoms with Crippen molar-refractivity contribution in [3.63, 3.8) is 0 Å². The molecule has 0 unspecified atom stereocenters. The predicted octanol–water partition coefficient (Wildman–Crippen LogP) is 2.78. The van der Waals surface area contributed by atoms with Crippen molar-refractivity contribution in [2.45, 2.75) is 32.7 Å². The summed E-state index contributed by atoms with van der Waals surface area (Å²) in [4.78, 5) is 6.83. The van der Waals surface area contributed by atoms with E-state index in [1.807, 2.05) is 20.8 Å². The fourth-order valence-corrected chi connectivity index (χ4v) is 0.828. The lowest BCUT2D eigenvalue weighted by atomic mass is 9.97. The van der Waals surface area contributed by atoms with Crippen LogP contribution in [0.1, 0.15) is 32.4 Å². The Bertz CT molecular complexity index is 330. The SMILES string of the molecule is CC(C)(C)c1nc(CN=[N+]=[N-])co1. The summed E-state index contributed by atoms with van der Waals surface area (Å²) in [5.74, 6) is 0.663. The molecule has 1 heterocycles. The molecule has 0 radical (unpaired) electrons. The van der Waals surface area contributed by atoms with Crippen LogP contribution in [0, 0.1) is 0 Å². The first-order chi connectivity index (χ1) is 6.04. The van der Waals surface area contributed by atoms with Gasteiger partial charge in [0.25, 0.3) is 0 Å². The summed E-state index contributed by atoms with van der Waals surface area (Å²) in [5, 5.41) is 3.40. The fraction of sp³-hybridized carbons (Fsp3) is 0.625. The van der Waals surface area contributed by atoms with Crippen LogP contribution in [-0.2, 0) is 12.0 Å². The lowest BCUT2D eigenvalue weighted by molar-refractivity contribution is 0.392. The molecule has 0 bridgehead atoms. The number of azide groups is 1. The monoisotopic (exact) mass is 180 g/mol. The minimum atomic E-state index is -0.103. The van der Waals surface area contributed by atoms with E-state index in [9.17, 15) is 0 Å². The zero-order valence-electron chi connectivity index (χ0n) is 7.98. The van der Waals surface area contributed by atoms with Crippen molar-refractivity contribution in [2.24, 2.45) is 5.11 Å². The molecule has 0 aliphatic carbocycles. The number of rotatable bonds is 2. The molecule has 5 heteroatoms. The van der Waals surface area contributed by atoms with E-state index in [0.29, 0.717) is 11.6 Å². The summed E-state index contributed by atoms with van der Waals surface area (Å²) in [7, 11) is 0. The number of hydrogen-bond acceptors (Lipinski definition) is 3. The van der Waals surface area contributed by atoms with Gasteiger partial charge in [0.15, 0.2) is 5.89 Å². The topological polar surface area (TPSA) is 74.8 Å². The standard InChI is InChI=1S/C8H12N4O/c1-8(2,3)7-11-6(5-13-7)4-10-12-9/h5H,4H2,1-3H3. The van der Waals surface area contributed by atoms with Gasteiger partial charge in [0, 0.05) is 10.3 Å². The summed E-state index contributed by atoms with van der Waals surface area (Å²) < 4.78 is 5.23. The largest absolute Gasteiger partial charge is 0.448 e. The molecule has 1 aromatic rings. The number of hydrogen-bond donors (Lipinski definition) is 0. The maximum Gasteiger partial charge on any atom is 0.199 e. The molecule has 1 rings (SSSR count). The maximum absolute atomic E-state index is 8.09. The van der Waals surface area contributed by atoms with Crippen molar-refractivity contribution in [3.8, 4) is 0 Å². The van der Waals surface area contributed by atoms with Crippen molar-refractivity contribution in [2.75, 3.05) is 0 Å². The summed E-state index contributed by atoms with van der Waals surface area (Å²) in [6.07, 6.45) is 1.52. The second-order valence-corrected chi connectivity index (χ2v) is 3.78.